The van der Waals surface area contributed by atoms with Crippen LogP contribution in [0, 0.1) is 27.7 Å². The second-order valence-electron chi connectivity index (χ2n) is 18.1. The molecule has 9 rings (SSSR count). The molecule has 1 heterocycles. The number of hydrogen-bond acceptors (Lipinski definition) is 3. The predicted octanol–water partition coefficient (Wildman–Crippen LogP) is 16.0. The van der Waals surface area contributed by atoms with Crippen molar-refractivity contribution in [3.63, 3.8) is 0 Å². The number of nitrogens with zero attached hydrogens (tertiary/aromatic N) is 1. The largest absolute Gasteiger partial charge is 0.507 e. The van der Waals surface area contributed by atoms with Crippen LogP contribution in [-0.4, -0.2) is 15.2 Å². The summed E-state index contributed by atoms with van der Waals surface area (Å²) in [5.41, 5.74) is 14.0. The number of phenols is 2. The zero-order valence-corrected chi connectivity index (χ0v) is 40.2. The molecule has 1 aromatic heterocycles. The number of benzene rings is 6. The van der Waals surface area contributed by atoms with E-state index < -0.39 is 0 Å². The molecule has 63 heavy (non-hydrogen) atoms. The minimum absolute atomic E-state index is 0. The number of phenolic OH excluding ortho intramolecular Hbond substituents is 2. The van der Waals surface area contributed by atoms with Gasteiger partial charge in [-0.25, -0.2) is 4.98 Å². The van der Waals surface area contributed by atoms with E-state index in [0.717, 1.165) is 104 Å². The molecule has 6 aromatic carbocycles. The summed E-state index contributed by atoms with van der Waals surface area (Å²) in [7, 11) is 0. The average molecular weight is 909 g/mol. The molecular weight excluding hydrogens is 846 g/mol. The van der Waals surface area contributed by atoms with Crippen LogP contribution in [0.5, 0.6) is 11.5 Å². The van der Waals surface area contributed by atoms with Crippen LogP contribution < -0.4 is 0 Å². The van der Waals surface area contributed by atoms with Gasteiger partial charge in [-0.3, -0.25) is 0 Å². The number of pyridine rings is 1. The van der Waals surface area contributed by atoms with Crippen molar-refractivity contribution in [1.29, 1.82) is 0 Å². The Hall–Kier alpha value is -5.31. The van der Waals surface area contributed by atoms with Crippen LogP contribution in [-0.2, 0) is 37.0 Å². The maximum absolute atomic E-state index is 11.9. The van der Waals surface area contributed by atoms with E-state index in [2.05, 4.69) is 120 Å². The summed E-state index contributed by atoms with van der Waals surface area (Å²) in [5, 5.41) is 23.8. The summed E-state index contributed by atoms with van der Waals surface area (Å²) in [5.74, 6) is 0.799. The maximum Gasteiger partial charge on any atom is 0.127 e. The maximum atomic E-state index is 11.9. The number of aromatic hydroxyl groups is 2. The Balaban J connectivity index is 0.000000374. The summed E-state index contributed by atoms with van der Waals surface area (Å²) in [6, 6.07) is 51.2. The first kappa shape index (κ1) is 47.2. The van der Waals surface area contributed by atoms with E-state index in [4.69, 9.17) is 4.98 Å². The molecule has 0 saturated heterocycles. The Kier molecular flexibility index (Phi) is 16.0. The summed E-state index contributed by atoms with van der Waals surface area (Å²) < 4.78 is 0. The fourth-order valence-corrected chi connectivity index (χ4v) is 9.66. The predicted molar refractivity (Wildman–Crippen MR) is 261 cm³/mol. The van der Waals surface area contributed by atoms with Crippen LogP contribution in [0.3, 0.4) is 0 Å². The number of aryl methyl sites for hydroxylation is 2. The van der Waals surface area contributed by atoms with Gasteiger partial charge >= 0.3 is 0 Å². The zero-order valence-electron chi connectivity index (χ0n) is 37.8. The Morgan fingerprint density at radius 3 is 1.08 bits per heavy atom. The third kappa shape index (κ3) is 11.3. The van der Waals surface area contributed by atoms with E-state index in [-0.39, 0.29) is 37.0 Å². The Morgan fingerprint density at radius 2 is 0.746 bits per heavy atom. The first-order valence-electron chi connectivity index (χ1n) is 22.5. The molecule has 2 fully saturated rings. The summed E-state index contributed by atoms with van der Waals surface area (Å²) >= 11 is 0. The zero-order chi connectivity index (χ0) is 43.7. The van der Waals surface area contributed by atoms with E-state index in [9.17, 15) is 10.2 Å². The van der Waals surface area contributed by atoms with Crippen LogP contribution >= 0.6 is 0 Å². The topological polar surface area (TPSA) is 53.4 Å². The normalized spacial score (nSPS) is 15.0. The van der Waals surface area contributed by atoms with Crippen LogP contribution in [0.1, 0.15) is 111 Å². The Morgan fingerprint density at radius 1 is 0.413 bits per heavy atom. The number of aromatic nitrogens is 1. The van der Waals surface area contributed by atoms with Crippen molar-refractivity contribution in [2.24, 2.45) is 0 Å². The van der Waals surface area contributed by atoms with Gasteiger partial charge < -0.3 is 10.2 Å². The van der Waals surface area contributed by atoms with Gasteiger partial charge in [0.1, 0.15) is 11.5 Å². The van der Waals surface area contributed by atoms with Crippen LogP contribution in [0.25, 0.3) is 44.8 Å². The molecular formula is C59H63NO2Zr-2. The van der Waals surface area contributed by atoms with E-state index in [1.165, 1.54) is 38.5 Å². The second kappa shape index (κ2) is 21.4. The Bertz CT molecular complexity index is 2390. The van der Waals surface area contributed by atoms with Crippen molar-refractivity contribution in [1.82, 2.24) is 4.98 Å². The van der Waals surface area contributed by atoms with E-state index in [1.54, 1.807) is 0 Å². The summed E-state index contributed by atoms with van der Waals surface area (Å²) in [6.45, 7) is 16.4. The SMILES string of the molecule is Cc1cc(-c2ccccc2-c2cccc(-c3ccccc3-c3cc(C)cc(C4(C)CCCCC4)c3O)n2)c(O)c(C2(C)CCCCC2)c1.[CH2-]c1ccccc1.[CH2-]c1ccccc1.[Zr]. The van der Waals surface area contributed by atoms with Crippen LogP contribution in [0.4, 0.5) is 0 Å². The Labute approximate surface area is 396 Å². The monoisotopic (exact) mass is 907 g/mol. The van der Waals surface area contributed by atoms with Crippen LogP contribution in [0.15, 0.2) is 152 Å². The van der Waals surface area contributed by atoms with Crippen molar-refractivity contribution in [3.8, 4) is 56.3 Å². The molecule has 0 radical (unpaired) electrons. The van der Waals surface area contributed by atoms with Gasteiger partial charge in [-0.2, -0.15) is 49.2 Å². The standard InChI is InChI=1S/C45H49NO2.2C7H7.Zr/c1-30-26-36(42(47)38(28-30)44(3)22-11-5-12-23-44)32-16-7-9-18-34(32)40-20-15-21-41(46-40)35-19-10-8-17-33(35)37-27-31(2)29-39(43(37)48)45(4)24-13-6-14-25-45;2*1-7-5-3-2-4-6-7;/h7-10,15-21,26-29,47-48H,5-6,11-14,22-25H2,1-4H3;2*2-6H,1H2;/q;2*-1;. The molecule has 2 aliphatic rings. The van der Waals surface area contributed by atoms with Crippen molar-refractivity contribution in [2.75, 3.05) is 0 Å². The number of rotatable bonds is 6. The minimum Gasteiger partial charge on any atom is -0.507 e. The van der Waals surface area contributed by atoms with Crippen molar-refractivity contribution in [3.05, 3.63) is 199 Å². The van der Waals surface area contributed by atoms with E-state index in [0.29, 0.717) is 11.5 Å². The third-order valence-electron chi connectivity index (χ3n) is 13.1. The van der Waals surface area contributed by atoms with Gasteiger partial charge in [-0.15, -0.1) is 24.3 Å². The molecule has 0 unspecified atom stereocenters. The molecule has 2 N–H and O–H groups in total. The van der Waals surface area contributed by atoms with E-state index in [1.807, 2.05) is 72.8 Å². The molecule has 322 valence electrons. The van der Waals surface area contributed by atoms with Crippen molar-refractivity contribution >= 4 is 0 Å². The quantitative estimate of drug-likeness (QED) is 0.164. The van der Waals surface area contributed by atoms with Gasteiger partial charge in [0, 0.05) is 59.6 Å². The molecule has 0 atom stereocenters. The molecule has 7 aromatic rings. The van der Waals surface area contributed by atoms with Gasteiger partial charge in [0.25, 0.3) is 0 Å². The van der Waals surface area contributed by atoms with Gasteiger partial charge in [0.2, 0.25) is 0 Å². The van der Waals surface area contributed by atoms with Crippen molar-refractivity contribution < 1.29 is 36.4 Å². The van der Waals surface area contributed by atoms with Crippen molar-refractivity contribution in [2.45, 2.75) is 103 Å². The summed E-state index contributed by atoms with van der Waals surface area (Å²) in [4.78, 5) is 5.28. The fourth-order valence-electron chi connectivity index (χ4n) is 9.66. The average Bonchev–Trinajstić information content (AvgIpc) is 3.29. The van der Waals surface area contributed by atoms with Gasteiger partial charge in [-0.05, 0) is 96.9 Å². The van der Waals surface area contributed by atoms with Crippen LogP contribution in [0.2, 0.25) is 0 Å². The smallest absolute Gasteiger partial charge is 0.127 e. The first-order chi connectivity index (χ1) is 30.0. The molecule has 2 aliphatic carbocycles. The third-order valence-corrected chi connectivity index (χ3v) is 13.1. The van der Waals surface area contributed by atoms with Gasteiger partial charge in [-0.1, -0.05) is 131 Å². The number of hydrogen-bond donors (Lipinski definition) is 2. The second-order valence-corrected chi connectivity index (χ2v) is 18.1. The van der Waals surface area contributed by atoms with E-state index >= 15 is 0 Å². The molecule has 0 aliphatic heterocycles. The molecule has 4 heteroatoms. The fraction of sp³-hybridized carbons (Fsp3) is 0.271. The molecule has 0 bridgehead atoms. The first-order valence-corrected chi connectivity index (χ1v) is 22.5. The molecule has 3 nitrogen and oxygen atoms in total. The van der Waals surface area contributed by atoms with Gasteiger partial charge in [0.15, 0.2) is 0 Å². The summed E-state index contributed by atoms with van der Waals surface area (Å²) in [6.07, 6.45) is 11.8. The molecule has 0 spiro atoms. The minimum atomic E-state index is -0.0183. The molecule has 0 amide bonds. The van der Waals surface area contributed by atoms with Gasteiger partial charge in [0.05, 0.1) is 11.4 Å². The molecule has 2 saturated carbocycles.